The standard InChI is InChI=1S/C30H26Cl2N6O/c1-20-27-28(36-14-16-37(17-15-36)30(39)22-12-13-24(31)25(32)19-22)33-26(18-21-8-4-2-5-9-21)34-29(27)38(35-20)23-10-6-3-7-11-23/h2-13,19H,14-18H2,1H3. The number of halogens is 2. The first-order valence-electron chi connectivity index (χ1n) is 12.8. The average Bonchev–Trinajstić information content (AvgIpc) is 3.31. The summed E-state index contributed by atoms with van der Waals surface area (Å²) in [5.74, 6) is 1.53. The molecule has 1 amide bonds. The topological polar surface area (TPSA) is 67.2 Å². The smallest absolute Gasteiger partial charge is 0.254 e. The molecule has 0 spiro atoms. The van der Waals surface area contributed by atoms with E-state index in [9.17, 15) is 4.79 Å². The van der Waals surface area contributed by atoms with Crippen molar-refractivity contribution in [2.24, 2.45) is 0 Å². The highest BCUT2D eigenvalue weighted by Gasteiger charge is 2.27. The summed E-state index contributed by atoms with van der Waals surface area (Å²) < 4.78 is 1.90. The number of anilines is 1. The van der Waals surface area contributed by atoms with Crippen molar-refractivity contribution in [3.63, 3.8) is 0 Å². The highest BCUT2D eigenvalue weighted by molar-refractivity contribution is 6.42. The number of piperazine rings is 1. The van der Waals surface area contributed by atoms with Gasteiger partial charge in [0.25, 0.3) is 5.91 Å². The number of hydrogen-bond donors (Lipinski definition) is 0. The zero-order valence-corrected chi connectivity index (χ0v) is 22.9. The van der Waals surface area contributed by atoms with Gasteiger partial charge in [0, 0.05) is 38.2 Å². The predicted octanol–water partition coefficient (Wildman–Crippen LogP) is 5.98. The molecule has 1 fully saturated rings. The average molecular weight is 557 g/mol. The molecule has 2 aromatic heterocycles. The number of carbonyl (C=O) groups excluding carboxylic acids is 1. The van der Waals surface area contributed by atoms with Crippen LogP contribution in [-0.4, -0.2) is 56.7 Å². The number of nitrogens with zero attached hydrogens (tertiary/aromatic N) is 6. The molecular formula is C30H26Cl2N6O. The summed E-state index contributed by atoms with van der Waals surface area (Å²) in [4.78, 5) is 27.3. The Kier molecular flexibility index (Phi) is 6.94. The van der Waals surface area contributed by atoms with E-state index in [1.807, 2.05) is 65.0 Å². The molecule has 0 aliphatic carbocycles. The Hall–Kier alpha value is -3.94. The lowest BCUT2D eigenvalue weighted by atomic mass is 10.1. The summed E-state index contributed by atoms with van der Waals surface area (Å²) in [5.41, 5.74) is 4.27. The molecule has 1 saturated heterocycles. The number of benzene rings is 3. The van der Waals surface area contributed by atoms with Crippen molar-refractivity contribution in [3.8, 4) is 5.69 Å². The van der Waals surface area contributed by atoms with Crippen LogP contribution in [0.4, 0.5) is 5.82 Å². The van der Waals surface area contributed by atoms with E-state index in [4.69, 9.17) is 38.3 Å². The Morgan fingerprint density at radius 1 is 0.846 bits per heavy atom. The number of aryl methyl sites for hydroxylation is 1. The van der Waals surface area contributed by atoms with Crippen LogP contribution in [0.15, 0.2) is 78.9 Å². The minimum Gasteiger partial charge on any atom is -0.352 e. The zero-order chi connectivity index (χ0) is 26.9. The van der Waals surface area contributed by atoms with Gasteiger partial charge in [0.15, 0.2) is 5.65 Å². The third-order valence-electron chi connectivity index (χ3n) is 6.97. The van der Waals surface area contributed by atoms with Crippen molar-refractivity contribution < 1.29 is 4.79 Å². The molecular weight excluding hydrogens is 531 g/mol. The lowest BCUT2D eigenvalue weighted by molar-refractivity contribution is 0.0746. The minimum atomic E-state index is -0.0566. The van der Waals surface area contributed by atoms with Gasteiger partial charge in [-0.15, -0.1) is 0 Å². The van der Waals surface area contributed by atoms with E-state index in [2.05, 4.69) is 17.0 Å². The molecule has 0 radical (unpaired) electrons. The summed E-state index contributed by atoms with van der Waals surface area (Å²) in [6.45, 7) is 4.39. The second-order valence-corrected chi connectivity index (χ2v) is 10.4. The zero-order valence-electron chi connectivity index (χ0n) is 21.4. The number of carbonyl (C=O) groups is 1. The largest absolute Gasteiger partial charge is 0.352 e. The first-order valence-corrected chi connectivity index (χ1v) is 13.6. The van der Waals surface area contributed by atoms with Crippen LogP contribution < -0.4 is 4.90 Å². The van der Waals surface area contributed by atoms with E-state index in [0.29, 0.717) is 48.2 Å². The van der Waals surface area contributed by atoms with Crippen LogP contribution in [0.5, 0.6) is 0 Å². The number of fused-ring (bicyclic) bond motifs is 1. The Labute approximate surface area is 236 Å². The van der Waals surface area contributed by atoms with Gasteiger partial charge in [-0.1, -0.05) is 71.7 Å². The predicted molar refractivity (Wildman–Crippen MR) is 155 cm³/mol. The lowest BCUT2D eigenvalue weighted by Crippen LogP contribution is -2.49. The molecule has 0 unspecified atom stereocenters. The molecule has 5 aromatic rings. The van der Waals surface area contributed by atoms with E-state index in [0.717, 1.165) is 39.6 Å². The Bertz CT molecular complexity index is 1650. The van der Waals surface area contributed by atoms with E-state index in [1.54, 1.807) is 18.2 Å². The third kappa shape index (κ3) is 5.07. The molecule has 1 aliphatic heterocycles. The molecule has 6 rings (SSSR count). The van der Waals surface area contributed by atoms with E-state index in [1.165, 1.54) is 0 Å². The summed E-state index contributed by atoms with van der Waals surface area (Å²) in [6.07, 6.45) is 0.610. The highest BCUT2D eigenvalue weighted by atomic mass is 35.5. The van der Waals surface area contributed by atoms with Gasteiger partial charge in [0.05, 0.1) is 26.8 Å². The van der Waals surface area contributed by atoms with Gasteiger partial charge in [-0.05, 0) is 42.8 Å². The first-order chi connectivity index (χ1) is 19.0. The highest BCUT2D eigenvalue weighted by Crippen LogP contribution is 2.31. The molecule has 7 nitrogen and oxygen atoms in total. The molecule has 0 atom stereocenters. The minimum absolute atomic E-state index is 0.0566. The molecule has 1 aliphatic rings. The van der Waals surface area contributed by atoms with Crippen LogP contribution in [0, 0.1) is 6.92 Å². The first kappa shape index (κ1) is 25.3. The van der Waals surface area contributed by atoms with Crippen molar-refractivity contribution in [1.82, 2.24) is 24.6 Å². The van der Waals surface area contributed by atoms with Crippen molar-refractivity contribution in [2.45, 2.75) is 13.3 Å². The Morgan fingerprint density at radius 2 is 1.54 bits per heavy atom. The summed E-state index contributed by atoms with van der Waals surface area (Å²) in [6, 6.07) is 25.3. The quantitative estimate of drug-likeness (QED) is 0.266. The summed E-state index contributed by atoms with van der Waals surface area (Å²) in [5, 5.41) is 6.60. The molecule has 0 bridgehead atoms. The molecule has 39 heavy (non-hydrogen) atoms. The molecule has 9 heteroatoms. The molecule has 0 saturated carbocycles. The second kappa shape index (κ2) is 10.7. The maximum Gasteiger partial charge on any atom is 0.254 e. The van der Waals surface area contributed by atoms with Gasteiger partial charge >= 0.3 is 0 Å². The fraction of sp³-hybridized carbons (Fsp3) is 0.200. The monoisotopic (exact) mass is 556 g/mol. The van der Waals surface area contributed by atoms with Crippen LogP contribution in [0.3, 0.4) is 0 Å². The molecule has 3 heterocycles. The maximum absolute atomic E-state index is 13.2. The van der Waals surface area contributed by atoms with Gasteiger partial charge in [0.2, 0.25) is 0 Å². The SMILES string of the molecule is Cc1nn(-c2ccccc2)c2nc(Cc3ccccc3)nc(N3CCN(C(=O)c4ccc(Cl)c(Cl)c4)CC3)c12. The van der Waals surface area contributed by atoms with Crippen molar-refractivity contribution in [1.29, 1.82) is 0 Å². The van der Waals surface area contributed by atoms with E-state index < -0.39 is 0 Å². The van der Waals surface area contributed by atoms with Gasteiger partial charge in [0.1, 0.15) is 11.6 Å². The molecule has 196 valence electrons. The number of aromatic nitrogens is 4. The van der Waals surface area contributed by atoms with Crippen molar-refractivity contribution in [2.75, 3.05) is 31.1 Å². The Morgan fingerprint density at radius 3 is 2.23 bits per heavy atom. The van der Waals surface area contributed by atoms with Crippen LogP contribution >= 0.6 is 23.2 Å². The number of rotatable bonds is 5. The van der Waals surface area contributed by atoms with E-state index in [-0.39, 0.29) is 5.91 Å². The van der Waals surface area contributed by atoms with Crippen LogP contribution in [-0.2, 0) is 6.42 Å². The fourth-order valence-electron chi connectivity index (χ4n) is 4.97. The van der Waals surface area contributed by atoms with Crippen LogP contribution in [0.1, 0.15) is 27.4 Å². The number of para-hydroxylation sites is 1. The van der Waals surface area contributed by atoms with Crippen LogP contribution in [0.25, 0.3) is 16.7 Å². The Balaban J connectivity index is 1.34. The van der Waals surface area contributed by atoms with Crippen molar-refractivity contribution in [3.05, 3.63) is 112 Å². The maximum atomic E-state index is 13.2. The summed E-state index contributed by atoms with van der Waals surface area (Å²) in [7, 11) is 0. The second-order valence-electron chi connectivity index (χ2n) is 9.57. The van der Waals surface area contributed by atoms with Crippen LogP contribution in [0.2, 0.25) is 10.0 Å². The number of hydrogen-bond acceptors (Lipinski definition) is 5. The van der Waals surface area contributed by atoms with Gasteiger partial charge in [-0.25, -0.2) is 14.6 Å². The van der Waals surface area contributed by atoms with E-state index >= 15 is 0 Å². The van der Waals surface area contributed by atoms with Gasteiger partial charge < -0.3 is 9.80 Å². The molecule has 0 N–H and O–H groups in total. The number of amides is 1. The third-order valence-corrected chi connectivity index (χ3v) is 7.71. The van der Waals surface area contributed by atoms with Gasteiger partial charge in [-0.2, -0.15) is 5.10 Å². The fourth-order valence-corrected chi connectivity index (χ4v) is 5.27. The lowest BCUT2D eigenvalue weighted by Gasteiger charge is -2.36. The van der Waals surface area contributed by atoms with Crippen molar-refractivity contribution >= 4 is 46.0 Å². The molecule has 3 aromatic carbocycles. The normalized spacial score (nSPS) is 13.7. The summed E-state index contributed by atoms with van der Waals surface area (Å²) >= 11 is 12.2. The van der Waals surface area contributed by atoms with Gasteiger partial charge in [-0.3, -0.25) is 4.79 Å².